The highest BCUT2D eigenvalue weighted by atomic mass is 32.1. The highest BCUT2D eigenvalue weighted by Crippen LogP contribution is 2.41. The van der Waals surface area contributed by atoms with E-state index < -0.39 is 5.97 Å². The number of hydrogen-bond donors (Lipinski definition) is 3. The Morgan fingerprint density at radius 1 is 0.833 bits per heavy atom. The molecule has 0 fully saturated rings. The molecule has 0 saturated carbocycles. The number of carbonyl (C=O) groups is 2. The van der Waals surface area contributed by atoms with Gasteiger partial charge >= 0.3 is 5.97 Å². The van der Waals surface area contributed by atoms with E-state index in [1.165, 1.54) is 17.4 Å². The van der Waals surface area contributed by atoms with Crippen molar-refractivity contribution in [3.05, 3.63) is 89.5 Å². The molecule has 0 amide bonds. The van der Waals surface area contributed by atoms with Crippen molar-refractivity contribution in [1.29, 1.82) is 0 Å². The molecule has 1 aromatic heterocycles. The number of phenolic OH excluding ortho intramolecular Hbond substituents is 2. The van der Waals surface area contributed by atoms with Gasteiger partial charge in [0, 0.05) is 32.2 Å². The van der Waals surface area contributed by atoms with Gasteiger partial charge in [-0.05, 0) is 59.7 Å². The van der Waals surface area contributed by atoms with E-state index in [1.54, 1.807) is 66.7 Å². The van der Waals surface area contributed by atoms with Crippen molar-refractivity contribution < 1.29 is 24.9 Å². The standard InChI is InChI=1S/C24H16O5S/c25-17-8-6-16(7-9-17)24-22(19-11-10-18(26)13-20(19)30-24)23(29)15-4-1-14(2-5-15)3-12-21(27)28/h1-13,25-26H,(H,27,28)/b12-3+. The molecule has 30 heavy (non-hydrogen) atoms. The Bertz CT molecular complexity index is 1280. The van der Waals surface area contributed by atoms with Crippen molar-refractivity contribution in [1.82, 2.24) is 0 Å². The third-order valence-corrected chi connectivity index (χ3v) is 5.82. The fourth-order valence-electron chi connectivity index (χ4n) is 3.18. The molecule has 0 bridgehead atoms. The van der Waals surface area contributed by atoms with Crippen LogP contribution in [0.25, 0.3) is 26.6 Å². The first-order chi connectivity index (χ1) is 14.4. The van der Waals surface area contributed by atoms with Crippen LogP contribution in [0.4, 0.5) is 0 Å². The van der Waals surface area contributed by atoms with E-state index in [0.29, 0.717) is 16.7 Å². The predicted octanol–water partition coefficient (Wildman–Crippen LogP) is 5.31. The lowest BCUT2D eigenvalue weighted by molar-refractivity contribution is -0.131. The fraction of sp³-hybridized carbons (Fsp3) is 0. The van der Waals surface area contributed by atoms with Gasteiger partial charge in [-0.15, -0.1) is 11.3 Å². The van der Waals surface area contributed by atoms with Crippen LogP contribution >= 0.6 is 11.3 Å². The van der Waals surface area contributed by atoms with Gasteiger partial charge in [-0.1, -0.05) is 24.3 Å². The highest BCUT2D eigenvalue weighted by Gasteiger charge is 2.21. The summed E-state index contributed by atoms with van der Waals surface area (Å²) < 4.78 is 0.780. The molecule has 148 valence electrons. The van der Waals surface area contributed by atoms with Crippen molar-refractivity contribution in [2.45, 2.75) is 0 Å². The van der Waals surface area contributed by atoms with Crippen LogP contribution in [0.5, 0.6) is 11.5 Å². The van der Waals surface area contributed by atoms with Gasteiger partial charge in [0.1, 0.15) is 11.5 Å². The summed E-state index contributed by atoms with van der Waals surface area (Å²) in [5.74, 6) is -0.963. The van der Waals surface area contributed by atoms with E-state index in [4.69, 9.17) is 5.11 Å². The van der Waals surface area contributed by atoms with E-state index in [1.807, 2.05) is 0 Å². The fourth-order valence-corrected chi connectivity index (χ4v) is 4.42. The molecule has 0 atom stereocenters. The maximum absolute atomic E-state index is 13.4. The third kappa shape index (κ3) is 3.81. The van der Waals surface area contributed by atoms with Crippen molar-refractivity contribution in [3.8, 4) is 21.9 Å². The Hall–Kier alpha value is -3.90. The van der Waals surface area contributed by atoms with Crippen LogP contribution in [0.3, 0.4) is 0 Å². The van der Waals surface area contributed by atoms with E-state index in [-0.39, 0.29) is 17.3 Å². The molecule has 0 aliphatic carbocycles. The second kappa shape index (κ2) is 7.85. The monoisotopic (exact) mass is 416 g/mol. The smallest absolute Gasteiger partial charge is 0.328 e. The SMILES string of the molecule is O=C(O)/C=C/c1ccc(C(=O)c2c(-c3ccc(O)cc3)sc3cc(O)ccc23)cc1. The Kier molecular flexibility index (Phi) is 5.08. The molecule has 5 nitrogen and oxygen atoms in total. The molecule has 1 heterocycles. The number of phenols is 2. The Labute approximate surface area is 175 Å². The zero-order chi connectivity index (χ0) is 21.3. The zero-order valence-corrected chi connectivity index (χ0v) is 16.4. The van der Waals surface area contributed by atoms with Gasteiger partial charge in [0.25, 0.3) is 0 Å². The number of carboxylic acid groups (broad SMARTS) is 1. The molecule has 3 N–H and O–H groups in total. The van der Waals surface area contributed by atoms with Crippen LogP contribution < -0.4 is 0 Å². The predicted molar refractivity (Wildman–Crippen MR) is 117 cm³/mol. The lowest BCUT2D eigenvalue weighted by atomic mass is 9.97. The summed E-state index contributed by atoms with van der Waals surface area (Å²) in [5.41, 5.74) is 2.45. The molecular weight excluding hydrogens is 400 g/mol. The van der Waals surface area contributed by atoms with E-state index >= 15 is 0 Å². The van der Waals surface area contributed by atoms with Crippen molar-refractivity contribution in [2.75, 3.05) is 0 Å². The largest absolute Gasteiger partial charge is 0.508 e. The number of ketones is 1. The summed E-state index contributed by atoms with van der Waals surface area (Å²) in [7, 11) is 0. The van der Waals surface area contributed by atoms with Crippen molar-refractivity contribution >= 4 is 39.3 Å². The number of carbonyl (C=O) groups excluding carboxylic acids is 1. The molecule has 3 aromatic carbocycles. The molecule has 0 spiro atoms. The number of benzene rings is 3. The van der Waals surface area contributed by atoms with Gasteiger partial charge < -0.3 is 15.3 Å². The lowest BCUT2D eigenvalue weighted by Gasteiger charge is -2.06. The maximum atomic E-state index is 13.4. The van der Waals surface area contributed by atoms with E-state index in [2.05, 4.69) is 0 Å². The number of carboxylic acids is 1. The van der Waals surface area contributed by atoms with Gasteiger partial charge in [0.05, 0.1) is 0 Å². The second-order valence-corrected chi connectivity index (χ2v) is 7.71. The molecule has 6 heteroatoms. The number of aromatic hydroxyl groups is 2. The average molecular weight is 416 g/mol. The summed E-state index contributed by atoms with van der Waals surface area (Å²) in [4.78, 5) is 24.8. The van der Waals surface area contributed by atoms with Gasteiger partial charge in [-0.2, -0.15) is 0 Å². The van der Waals surface area contributed by atoms with Crippen LogP contribution in [0.1, 0.15) is 21.5 Å². The number of thiophene rings is 1. The highest BCUT2D eigenvalue weighted by molar-refractivity contribution is 7.22. The summed E-state index contributed by atoms with van der Waals surface area (Å²) in [5, 5.41) is 28.9. The van der Waals surface area contributed by atoms with Gasteiger partial charge in [0.15, 0.2) is 5.78 Å². The minimum atomic E-state index is -1.04. The minimum absolute atomic E-state index is 0.120. The average Bonchev–Trinajstić information content (AvgIpc) is 3.11. The van der Waals surface area contributed by atoms with Crippen LogP contribution in [-0.4, -0.2) is 27.1 Å². The Morgan fingerprint density at radius 3 is 2.17 bits per heavy atom. The summed E-state index contributed by atoms with van der Waals surface area (Å²) in [6.45, 7) is 0. The molecule has 0 saturated heterocycles. The van der Waals surface area contributed by atoms with Crippen molar-refractivity contribution in [2.24, 2.45) is 0 Å². The van der Waals surface area contributed by atoms with Crippen LogP contribution in [0, 0.1) is 0 Å². The van der Waals surface area contributed by atoms with Gasteiger partial charge in [0.2, 0.25) is 0 Å². The number of fused-ring (bicyclic) bond motifs is 1. The maximum Gasteiger partial charge on any atom is 0.328 e. The quantitative estimate of drug-likeness (QED) is 0.303. The first-order valence-corrected chi connectivity index (χ1v) is 9.85. The van der Waals surface area contributed by atoms with Crippen molar-refractivity contribution in [3.63, 3.8) is 0 Å². The summed E-state index contributed by atoms with van der Waals surface area (Å²) in [6, 6.07) is 18.2. The van der Waals surface area contributed by atoms with Crippen LogP contribution in [-0.2, 0) is 4.79 Å². The number of hydrogen-bond acceptors (Lipinski definition) is 5. The topological polar surface area (TPSA) is 94.8 Å². The molecule has 0 aliphatic rings. The minimum Gasteiger partial charge on any atom is -0.508 e. The number of aliphatic carboxylic acids is 1. The molecular formula is C24H16O5S. The first kappa shape index (κ1) is 19.4. The lowest BCUT2D eigenvalue weighted by Crippen LogP contribution is -2.02. The van der Waals surface area contributed by atoms with E-state index in [9.17, 15) is 19.8 Å². The summed E-state index contributed by atoms with van der Waals surface area (Å²) in [6.07, 6.45) is 2.50. The zero-order valence-electron chi connectivity index (χ0n) is 15.6. The van der Waals surface area contributed by atoms with Gasteiger partial charge in [-0.3, -0.25) is 4.79 Å². The molecule has 0 radical (unpaired) electrons. The molecule has 4 aromatic rings. The molecule has 4 rings (SSSR count). The normalized spacial score (nSPS) is 11.2. The molecule has 0 aliphatic heterocycles. The third-order valence-electron chi connectivity index (χ3n) is 4.62. The van der Waals surface area contributed by atoms with Gasteiger partial charge in [-0.25, -0.2) is 4.79 Å². The van der Waals surface area contributed by atoms with Crippen LogP contribution in [0.2, 0.25) is 0 Å². The first-order valence-electron chi connectivity index (χ1n) is 9.03. The van der Waals surface area contributed by atoms with E-state index in [0.717, 1.165) is 26.6 Å². The van der Waals surface area contributed by atoms with Crippen LogP contribution in [0.15, 0.2) is 72.8 Å². The Balaban J connectivity index is 1.82. The molecule has 0 unspecified atom stereocenters. The second-order valence-electron chi connectivity index (χ2n) is 6.66. The summed E-state index contributed by atoms with van der Waals surface area (Å²) >= 11 is 1.40. The number of rotatable bonds is 5. The Morgan fingerprint density at radius 2 is 1.50 bits per heavy atom.